The lowest BCUT2D eigenvalue weighted by atomic mass is 10.1. The Bertz CT molecular complexity index is 1340. The Morgan fingerprint density at radius 3 is 2.54 bits per heavy atom. The van der Waals surface area contributed by atoms with Crippen molar-refractivity contribution in [2.75, 3.05) is 6.54 Å². The number of benzene rings is 3. The van der Waals surface area contributed by atoms with Gasteiger partial charge in [-0.15, -0.1) is 0 Å². The van der Waals surface area contributed by atoms with Crippen molar-refractivity contribution < 1.29 is 23.9 Å². The molecule has 6 nitrogen and oxygen atoms in total. The summed E-state index contributed by atoms with van der Waals surface area (Å²) in [5.41, 5.74) is 1.10. The average Bonchev–Trinajstić information content (AvgIpc) is 3.04. The molecule has 1 heterocycles. The number of thioether (sulfide) groups is 1. The van der Waals surface area contributed by atoms with Crippen LogP contribution in [0.15, 0.2) is 70.0 Å². The van der Waals surface area contributed by atoms with Crippen molar-refractivity contribution in [3.8, 4) is 5.75 Å². The fraction of sp³-hybridized carbons (Fsp3) is 0.222. The van der Waals surface area contributed by atoms with Gasteiger partial charge in [0.2, 0.25) is 0 Å². The maximum absolute atomic E-state index is 12.7. The van der Waals surface area contributed by atoms with Gasteiger partial charge in [-0.1, -0.05) is 48.5 Å². The van der Waals surface area contributed by atoms with Crippen LogP contribution in [0, 0.1) is 0 Å². The Morgan fingerprint density at radius 2 is 1.80 bits per heavy atom. The molecule has 0 N–H and O–H groups in total. The van der Waals surface area contributed by atoms with Crippen LogP contribution in [0.1, 0.15) is 31.9 Å². The Morgan fingerprint density at radius 1 is 1.06 bits per heavy atom. The Labute approximate surface area is 216 Å². The van der Waals surface area contributed by atoms with Crippen LogP contribution in [-0.2, 0) is 20.9 Å². The summed E-state index contributed by atoms with van der Waals surface area (Å²) in [4.78, 5) is 38.2. The zero-order chi connectivity index (χ0) is 25.2. The summed E-state index contributed by atoms with van der Waals surface area (Å²) >= 11 is 4.33. The number of esters is 1. The predicted octanol–water partition coefficient (Wildman–Crippen LogP) is 6.56. The molecule has 35 heavy (non-hydrogen) atoms. The van der Waals surface area contributed by atoms with Gasteiger partial charge in [-0.2, -0.15) is 0 Å². The first-order valence-electron chi connectivity index (χ1n) is 11.0. The summed E-state index contributed by atoms with van der Waals surface area (Å²) < 4.78 is 12.0. The van der Waals surface area contributed by atoms with E-state index in [1.165, 1.54) is 0 Å². The minimum absolute atomic E-state index is 0.245. The van der Waals surface area contributed by atoms with E-state index in [0.29, 0.717) is 12.4 Å². The highest BCUT2D eigenvalue weighted by Gasteiger charge is 2.37. The molecule has 3 aromatic rings. The molecule has 0 spiro atoms. The van der Waals surface area contributed by atoms with Gasteiger partial charge in [0, 0.05) is 0 Å². The van der Waals surface area contributed by atoms with E-state index in [1.54, 1.807) is 26.8 Å². The first-order valence-corrected chi connectivity index (χ1v) is 12.6. The first kappa shape index (κ1) is 25.0. The van der Waals surface area contributed by atoms with E-state index in [9.17, 15) is 14.4 Å². The van der Waals surface area contributed by atoms with Gasteiger partial charge in [0.15, 0.2) is 0 Å². The lowest BCUT2D eigenvalue weighted by Gasteiger charge is -2.21. The second kappa shape index (κ2) is 10.3. The van der Waals surface area contributed by atoms with Crippen LogP contribution in [0.25, 0.3) is 16.8 Å². The van der Waals surface area contributed by atoms with Gasteiger partial charge in [-0.3, -0.25) is 19.3 Å². The van der Waals surface area contributed by atoms with Gasteiger partial charge in [-0.05, 0) is 88.6 Å². The molecule has 0 unspecified atom stereocenters. The third-order valence-corrected chi connectivity index (χ3v) is 6.62. The summed E-state index contributed by atoms with van der Waals surface area (Å²) in [5.74, 6) is -0.483. The van der Waals surface area contributed by atoms with Crippen LogP contribution >= 0.6 is 27.7 Å². The van der Waals surface area contributed by atoms with Gasteiger partial charge in [0.05, 0.1) is 9.38 Å². The van der Waals surface area contributed by atoms with Crippen LogP contribution in [0.2, 0.25) is 0 Å². The van der Waals surface area contributed by atoms with Gasteiger partial charge in [-0.25, -0.2) is 0 Å². The van der Waals surface area contributed by atoms with E-state index < -0.39 is 29.3 Å². The second-order valence-corrected chi connectivity index (χ2v) is 10.8. The SMILES string of the molecule is CC(C)(C)OC(=O)CN1C(=O)SC(=Cc2ccc(OCc3cccc4ccccc34)c(Br)c2)C1=O. The number of imide groups is 1. The molecule has 1 aliphatic rings. The lowest BCUT2D eigenvalue weighted by molar-refractivity contribution is -0.156. The molecule has 1 fully saturated rings. The average molecular weight is 554 g/mol. The predicted molar refractivity (Wildman–Crippen MR) is 141 cm³/mol. The Kier molecular flexibility index (Phi) is 7.33. The molecular formula is C27H24BrNO5S. The van der Waals surface area contributed by atoms with Gasteiger partial charge < -0.3 is 9.47 Å². The molecule has 0 aromatic heterocycles. The number of rotatable bonds is 6. The number of amides is 2. The summed E-state index contributed by atoms with van der Waals surface area (Å²) in [6.45, 7) is 5.18. The van der Waals surface area contributed by atoms with Crippen LogP contribution < -0.4 is 4.74 Å². The molecule has 1 aliphatic heterocycles. The number of fused-ring (bicyclic) bond motifs is 1. The normalized spacial score (nSPS) is 15.2. The number of carbonyl (C=O) groups excluding carboxylic acids is 3. The molecule has 8 heteroatoms. The quantitative estimate of drug-likeness (QED) is 0.254. The maximum atomic E-state index is 12.7. The summed E-state index contributed by atoms with van der Waals surface area (Å²) in [6, 6.07) is 19.7. The topological polar surface area (TPSA) is 72.9 Å². The Hall–Kier alpha value is -3.10. The molecule has 0 bridgehead atoms. The van der Waals surface area contributed by atoms with E-state index in [-0.39, 0.29) is 4.91 Å². The largest absolute Gasteiger partial charge is 0.488 e. The summed E-state index contributed by atoms with van der Waals surface area (Å²) in [7, 11) is 0. The van der Waals surface area contributed by atoms with Crippen molar-refractivity contribution in [3.05, 3.63) is 81.2 Å². The van der Waals surface area contributed by atoms with Crippen molar-refractivity contribution in [1.29, 1.82) is 0 Å². The van der Waals surface area contributed by atoms with E-state index >= 15 is 0 Å². The molecule has 0 saturated carbocycles. The monoisotopic (exact) mass is 553 g/mol. The summed E-state index contributed by atoms with van der Waals surface area (Å²) in [5, 5.41) is 1.80. The van der Waals surface area contributed by atoms with E-state index in [4.69, 9.17) is 9.47 Å². The first-order chi connectivity index (χ1) is 16.6. The number of hydrogen-bond acceptors (Lipinski definition) is 6. The molecule has 3 aromatic carbocycles. The van der Waals surface area contributed by atoms with Crippen LogP contribution in [0.4, 0.5) is 4.79 Å². The number of carbonyl (C=O) groups is 3. The molecule has 0 aliphatic carbocycles. The fourth-order valence-electron chi connectivity index (χ4n) is 3.59. The molecule has 0 atom stereocenters. The number of hydrogen-bond donors (Lipinski definition) is 0. The van der Waals surface area contributed by atoms with Crippen LogP contribution in [0.5, 0.6) is 5.75 Å². The second-order valence-electron chi connectivity index (χ2n) is 8.97. The zero-order valence-corrected chi connectivity index (χ0v) is 21.9. The van der Waals surface area contributed by atoms with E-state index in [2.05, 4.69) is 34.1 Å². The highest BCUT2D eigenvalue weighted by atomic mass is 79.9. The van der Waals surface area contributed by atoms with E-state index in [0.717, 1.165) is 43.0 Å². The summed E-state index contributed by atoms with van der Waals surface area (Å²) in [6.07, 6.45) is 1.62. The standard InChI is InChI=1S/C27H24BrNO5S/c1-27(2,3)34-24(30)15-29-25(31)23(35-26(29)32)14-17-11-12-22(21(28)13-17)33-16-19-9-6-8-18-7-4-5-10-20(18)19/h4-14H,15-16H2,1-3H3. The van der Waals surface area contributed by atoms with Crippen molar-refractivity contribution in [1.82, 2.24) is 4.90 Å². The Balaban J connectivity index is 1.44. The highest BCUT2D eigenvalue weighted by molar-refractivity contribution is 9.10. The zero-order valence-electron chi connectivity index (χ0n) is 19.5. The number of halogens is 1. The minimum atomic E-state index is -0.696. The van der Waals surface area contributed by atoms with Gasteiger partial charge in [0.1, 0.15) is 24.5 Å². The molecule has 4 rings (SSSR count). The van der Waals surface area contributed by atoms with Crippen LogP contribution in [-0.4, -0.2) is 34.2 Å². The van der Waals surface area contributed by atoms with Crippen LogP contribution in [0.3, 0.4) is 0 Å². The van der Waals surface area contributed by atoms with Gasteiger partial charge >= 0.3 is 5.97 Å². The molecule has 0 radical (unpaired) electrons. The minimum Gasteiger partial charge on any atom is -0.488 e. The third-order valence-electron chi connectivity index (χ3n) is 5.10. The van der Waals surface area contributed by atoms with Crippen molar-refractivity contribution in [2.24, 2.45) is 0 Å². The van der Waals surface area contributed by atoms with Crippen molar-refractivity contribution >= 4 is 61.7 Å². The number of ether oxygens (including phenoxy) is 2. The molecule has 2 amide bonds. The number of nitrogens with zero attached hydrogens (tertiary/aromatic N) is 1. The van der Waals surface area contributed by atoms with Crippen molar-refractivity contribution in [2.45, 2.75) is 33.0 Å². The smallest absolute Gasteiger partial charge is 0.326 e. The third kappa shape index (κ3) is 6.13. The molecular weight excluding hydrogens is 530 g/mol. The highest BCUT2D eigenvalue weighted by Crippen LogP contribution is 2.34. The molecule has 1 saturated heterocycles. The van der Waals surface area contributed by atoms with Crippen molar-refractivity contribution in [3.63, 3.8) is 0 Å². The maximum Gasteiger partial charge on any atom is 0.326 e. The van der Waals surface area contributed by atoms with Gasteiger partial charge in [0.25, 0.3) is 11.1 Å². The lowest BCUT2D eigenvalue weighted by Crippen LogP contribution is -2.37. The molecule has 180 valence electrons. The fourth-order valence-corrected chi connectivity index (χ4v) is 4.94. The van der Waals surface area contributed by atoms with E-state index in [1.807, 2.05) is 42.5 Å².